The molecule has 0 radical (unpaired) electrons. The van der Waals surface area contributed by atoms with Crippen molar-refractivity contribution in [2.75, 3.05) is 6.61 Å². The second kappa shape index (κ2) is 8.59. The van der Waals surface area contributed by atoms with Crippen LogP contribution in [0.15, 0.2) is 30.3 Å². The quantitative estimate of drug-likeness (QED) is 0.293. The molecule has 1 aromatic heterocycles. The molecule has 0 aliphatic carbocycles. The minimum atomic E-state index is -4.80. The number of rotatable bonds is 8. The van der Waals surface area contributed by atoms with Crippen LogP contribution in [0.2, 0.25) is 0 Å². The summed E-state index contributed by atoms with van der Waals surface area (Å²) in [5, 5.41) is 26.8. The van der Waals surface area contributed by atoms with Gasteiger partial charge in [-0.2, -0.15) is 5.10 Å². The fourth-order valence-corrected chi connectivity index (χ4v) is 3.21. The van der Waals surface area contributed by atoms with Crippen LogP contribution in [0.25, 0.3) is 0 Å². The van der Waals surface area contributed by atoms with Crippen LogP contribution < -0.4 is 10.5 Å². The Kier molecular flexibility index (Phi) is 6.34. The number of nitrogens with one attached hydrogen (secondary N) is 1. The predicted molar refractivity (Wildman–Crippen MR) is 95.5 cm³/mol. The number of aromatic amines is 1. The van der Waals surface area contributed by atoms with E-state index in [0.717, 1.165) is 5.56 Å². The van der Waals surface area contributed by atoms with Gasteiger partial charge in [0.1, 0.15) is 36.7 Å². The van der Waals surface area contributed by atoms with Gasteiger partial charge in [-0.05, 0) is 5.56 Å². The molecule has 0 bridgehead atoms. The Morgan fingerprint density at radius 2 is 1.93 bits per heavy atom. The third kappa shape index (κ3) is 5.00. The highest BCUT2D eigenvalue weighted by atomic mass is 31.2. The number of benzene rings is 1. The maximum atomic E-state index is 11.7. The lowest BCUT2D eigenvalue weighted by Gasteiger charge is -2.15. The minimum Gasteiger partial charge on any atom is -0.484 e. The van der Waals surface area contributed by atoms with E-state index in [1.807, 2.05) is 6.07 Å². The molecule has 1 saturated heterocycles. The molecule has 1 aromatic carbocycles. The van der Waals surface area contributed by atoms with Crippen molar-refractivity contribution in [3.05, 3.63) is 47.3 Å². The highest BCUT2D eigenvalue weighted by Gasteiger charge is 2.47. The molecule has 1 aliphatic rings. The summed E-state index contributed by atoms with van der Waals surface area (Å²) in [6, 6.07) is 9.02. The van der Waals surface area contributed by atoms with Crippen molar-refractivity contribution in [3.8, 4) is 5.75 Å². The first-order chi connectivity index (χ1) is 13.7. The highest BCUT2D eigenvalue weighted by Crippen LogP contribution is 2.41. The Bertz CT molecular complexity index is 900. The zero-order valence-corrected chi connectivity index (χ0v) is 15.8. The summed E-state index contributed by atoms with van der Waals surface area (Å²) in [7, 11) is -4.80. The van der Waals surface area contributed by atoms with Gasteiger partial charge in [-0.25, -0.2) is 4.57 Å². The van der Waals surface area contributed by atoms with Crippen LogP contribution in [0, 0.1) is 0 Å². The molecule has 0 saturated carbocycles. The number of H-pyrrole nitrogens is 1. The Labute approximate surface area is 164 Å². The molecular formula is C16H20N3O9P. The van der Waals surface area contributed by atoms with Gasteiger partial charge in [0.05, 0.1) is 6.61 Å². The molecule has 29 heavy (non-hydrogen) atoms. The molecular weight excluding hydrogens is 409 g/mol. The number of aliphatic hydroxyl groups excluding tert-OH is 2. The van der Waals surface area contributed by atoms with E-state index in [2.05, 4.69) is 14.7 Å². The van der Waals surface area contributed by atoms with Crippen molar-refractivity contribution < 1.29 is 43.4 Å². The number of aromatic nitrogens is 2. The fraction of sp³-hybridized carbons (Fsp3) is 0.375. The molecule has 12 nitrogen and oxygen atoms in total. The van der Waals surface area contributed by atoms with E-state index in [4.69, 9.17) is 25.0 Å². The van der Waals surface area contributed by atoms with E-state index in [1.54, 1.807) is 24.3 Å². The standard InChI is InChI=1S/C16H20N3O9P/c17-16(22)11-14(26-6-8-4-2-1-3-5-8)10(18-19-11)15-13(21)12(20)9(28-15)7-27-29(23,24)25/h1-5,9,12-13,15,20-21H,6-7H2,(H2,17,22)(H,18,19)(H2,23,24,25)/t9-,12-,13-,15+/m1/s1. The Morgan fingerprint density at radius 3 is 2.55 bits per heavy atom. The summed E-state index contributed by atoms with van der Waals surface area (Å²) in [6.07, 6.45) is -5.56. The van der Waals surface area contributed by atoms with Crippen LogP contribution in [-0.4, -0.2) is 61.0 Å². The SMILES string of the molecule is NC(=O)c1[nH]nc([C@@H]2O[C@H](COP(=O)(O)O)[C@@H](O)[C@H]2O)c1OCc1ccccc1. The first-order valence-corrected chi connectivity index (χ1v) is 9.97. The molecule has 2 heterocycles. The molecule has 1 amide bonds. The maximum Gasteiger partial charge on any atom is 0.469 e. The molecule has 1 fully saturated rings. The molecule has 1 aliphatic heterocycles. The number of phosphoric ester groups is 1. The third-order valence-electron chi connectivity index (χ3n) is 4.26. The second-order valence-corrected chi connectivity index (χ2v) is 7.55. The van der Waals surface area contributed by atoms with Crippen molar-refractivity contribution in [2.24, 2.45) is 5.73 Å². The number of nitrogens with two attached hydrogens (primary N) is 1. The number of hydrogen-bond donors (Lipinski definition) is 6. The van der Waals surface area contributed by atoms with Gasteiger partial charge in [-0.15, -0.1) is 0 Å². The second-order valence-electron chi connectivity index (χ2n) is 6.31. The minimum absolute atomic E-state index is 0.0278. The van der Waals surface area contributed by atoms with E-state index < -0.39 is 44.8 Å². The van der Waals surface area contributed by atoms with Gasteiger partial charge in [0.25, 0.3) is 5.91 Å². The lowest BCUT2D eigenvalue weighted by Crippen LogP contribution is -2.33. The monoisotopic (exact) mass is 429 g/mol. The molecule has 2 aromatic rings. The van der Waals surface area contributed by atoms with Crippen molar-refractivity contribution in [1.82, 2.24) is 10.2 Å². The van der Waals surface area contributed by atoms with Crippen molar-refractivity contribution in [1.29, 1.82) is 0 Å². The van der Waals surface area contributed by atoms with Crippen LogP contribution in [0.1, 0.15) is 27.8 Å². The first kappa shape index (κ1) is 21.4. The third-order valence-corrected chi connectivity index (χ3v) is 4.74. The fourth-order valence-electron chi connectivity index (χ4n) is 2.86. The average Bonchev–Trinajstić information content (AvgIpc) is 3.20. The zero-order valence-electron chi connectivity index (χ0n) is 14.9. The number of carbonyl (C=O) groups is 1. The van der Waals surface area contributed by atoms with E-state index in [1.165, 1.54) is 0 Å². The number of primary amides is 1. The van der Waals surface area contributed by atoms with Gasteiger partial charge < -0.3 is 35.2 Å². The number of phosphoric acid groups is 1. The Morgan fingerprint density at radius 1 is 1.24 bits per heavy atom. The summed E-state index contributed by atoms with van der Waals surface area (Å²) < 4.78 is 26.3. The first-order valence-electron chi connectivity index (χ1n) is 8.44. The van der Waals surface area contributed by atoms with Gasteiger partial charge in [0, 0.05) is 0 Å². The zero-order chi connectivity index (χ0) is 21.2. The van der Waals surface area contributed by atoms with Gasteiger partial charge in [0.15, 0.2) is 11.4 Å². The van der Waals surface area contributed by atoms with E-state index in [0.29, 0.717) is 0 Å². The summed E-state index contributed by atoms with van der Waals surface area (Å²) in [6.45, 7) is -0.615. The summed E-state index contributed by atoms with van der Waals surface area (Å²) in [5.41, 5.74) is 5.93. The van der Waals surface area contributed by atoms with Crippen LogP contribution in [0.5, 0.6) is 5.75 Å². The smallest absolute Gasteiger partial charge is 0.469 e. The molecule has 7 N–H and O–H groups in total. The normalized spacial score (nSPS) is 24.6. The summed E-state index contributed by atoms with van der Waals surface area (Å²) in [5.74, 6) is -0.921. The van der Waals surface area contributed by atoms with E-state index >= 15 is 0 Å². The van der Waals surface area contributed by atoms with Crippen molar-refractivity contribution in [3.63, 3.8) is 0 Å². The summed E-state index contributed by atoms with van der Waals surface area (Å²) >= 11 is 0. The Balaban J connectivity index is 1.82. The maximum absolute atomic E-state index is 11.7. The van der Waals surface area contributed by atoms with Gasteiger partial charge in [-0.1, -0.05) is 30.3 Å². The predicted octanol–water partition coefficient (Wildman–Crippen LogP) is -0.641. The largest absolute Gasteiger partial charge is 0.484 e. The van der Waals surface area contributed by atoms with Gasteiger partial charge >= 0.3 is 7.82 Å². The molecule has 158 valence electrons. The lowest BCUT2D eigenvalue weighted by atomic mass is 10.1. The number of nitrogens with zero attached hydrogens (tertiary/aromatic N) is 1. The van der Waals surface area contributed by atoms with Crippen LogP contribution >= 0.6 is 7.82 Å². The molecule has 4 atom stereocenters. The van der Waals surface area contributed by atoms with Crippen LogP contribution in [0.4, 0.5) is 0 Å². The van der Waals surface area contributed by atoms with E-state index in [9.17, 15) is 19.6 Å². The van der Waals surface area contributed by atoms with Crippen LogP contribution in [-0.2, 0) is 20.4 Å². The lowest BCUT2D eigenvalue weighted by molar-refractivity contribution is -0.0242. The van der Waals surface area contributed by atoms with Gasteiger partial charge in [0.2, 0.25) is 0 Å². The number of ether oxygens (including phenoxy) is 2. The van der Waals surface area contributed by atoms with Crippen molar-refractivity contribution >= 4 is 13.7 Å². The summed E-state index contributed by atoms with van der Waals surface area (Å²) in [4.78, 5) is 29.3. The number of amides is 1. The topological polar surface area (TPSA) is 197 Å². The average molecular weight is 429 g/mol. The van der Waals surface area contributed by atoms with Gasteiger partial charge in [-0.3, -0.25) is 14.4 Å². The number of aliphatic hydroxyl groups is 2. The Hall–Kier alpha value is -2.31. The van der Waals surface area contributed by atoms with E-state index in [-0.39, 0.29) is 23.7 Å². The van der Waals surface area contributed by atoms with Crippen LogP contribution in [0.3, 0.4) is 0 Å². The van der Waals surface area contributed by atoms with Crippen molar-refractivity contribution in [2.45, 2.75) is 31.0 Å². The molecule has 0 spiro atoms. The number of carbonyl (C=O) groups excluding carboxylic acids is 1. The molecule has 13 heteroatoms. The molecule has 3 rings (SSSR count). The molecule has 0 unspecified atom stereocenters. The highest BCUT2D eigenvalue weighted by molar-refractivity contribution is 7.46. The number of hydrogen-bond acceptors (Lipinski definition) is 8.